The molecule has 0 aliphatic carbocycles. The lowest BCUT2D eigenvalue weighted by molar-refractivity contribution is 0.0986. The molecule has 0 spiro atoms. The van der Waals surface area contributed by atoms with Gasteiger partial charge in [-0.15, -0.1) is 0 Å². The molecule has 0 aliphatic rings. The van der Waals surface area contributed by atoms with Gasteiger partial charge in [0.05, 0.1) is 5.69 Å². The maximum atomic E-state index is 12.9. The average molecular weight is 261 g/mol. The molecule has 0 aliphatic heterocycles. The molecule has 1 aromatic carbocycles. The number of benzene rings is 1. The highest BCUT2D eigenvalue weighted by Crippen LogP contribution is 2.21. The minimum Gasteiger partial charge on any atom is -0.397 e. The summed E-state index contributed by atoms with van der Waals surface area (Å²) in [6, 6.07) is 7.50. The monoisotopic (exact) mass is 261 g/mol. The number of hydrogen-bond acceptors (Lipinski definition) is 2. The molecular formula is C14H16FN3O. The minimum absolute atomic E-state index is 0.222. The van der Waals surface area contributed by atoms with Crippen molar-refractivity contribution in [3.63, 3.8) is 0 Å². The van der Waals surface area contributed by atoms with Gasteiger partial charge >= 0.3 is 0 Å². The fourth-order valence-corrected chi connectivity index (χ4v) is 1.97. The van der Waals surface area contributed by atoms with Crippen molar-refractivity contribution in [1.29, 1.82) is 0 Å². The van der Waals surface area contributed by atoms with Crippen molar-refractivity contribution >= 4 is 17.3 Å². The summed E-state index contributed by atoms with van der Waals surface area (Å²) in [4.78, 5) is 13.9. The number of aromatic nitrogens is 1. The van der Waals surface area contributed by atoms with Crippen molar-refractivity contribution in [1.82, 2.24) is 4.57 Å². The lowest BCUT2D eigenvalue weighted by Gasteiger charge is -2.18. The van der Waals surface area contributed by atoms with Gasteiger partial charge in [0.1, 0.15) is 11.5 Å². The van der Waals surface area contributed by atoms with Gasteiger partial charge in [-0.05, 0) is 37.3 Å². The molecule has 5 heteroatoms. The molecule has 4 nitrogen and oxygen atoms in total. The fraction of sp³-hybridized carbons (Fsp3) is 0.214. The van der Waals surface area contributed by atoms with Crippen LogP contribution in [0, 0.1) is 12.7 Å². The Balaban J connectivity index is 2.36. The van der Waals surface area contributed by atoms with Gasteiger partial charge in [-0.25, -0.2) is 4.39 Å². The summed E-state index contributed by atoms with van der Waals surface area (Å²) < 4.78 is 14.6. The molecule has 1 heterocycles. The second-order valence-corrected chi connectivity index (χ2v) is 4.49. The van der Waals surface area contributed by atoms with Crippen molar-refractivity contribution in [2.24, 2.45) is 7.05 Å². The first kappa shape index (κ1) is 13.1. The Kier molecular flexibility index (Phi) is 3.29. The first-order valence-corrected chi connectivity index (χ1v) is 5.87. The van der Waals surface area contributed by atoms with Crippen LogP contribution in [0.4, 0.5) is 15.8 Å². The van der Waals surface area contributed by atoms with E-state index < -0.39 is 0 Å². The lowest BCUT2D eigenvalue weighted by Crippen LogP contribution is -2.28. The second kappa shape index (κ2) is 4.76. The zero-order valence-corrected chi connectivity index (χ0v) is 11.1. The Morgan fingerprint density at radius 3 is 2.37 bits per heavy atom. The van der Waals surface area contributed by atoms with E-state index in [0.717, 1.165) is 5.69 Å². The van der Waals surface area contributed by atoms with Crippen LogP contribution >= 0.6 is 0 Å². The van der Waals surface area contributed by atoms with Gasteiger partial charge in [-0.1, -0.05) is 0 Å². The quantitative estimate of drug-likeness (QED) is 0.902. The highest BCUT2D eigenvalue weighted by Gasteiger charge is 2.20. The molecule has 100 valence electrons. The molecule has 2 N–H and O–H groups in total. The smallest absolute Gasteiger partial charge is 0.276 e. The number of nitrogen functional groups attached to an aromatic ring is 1. The molecule has 1 aromatic heterocycles. The molecule has 0 saturated heterocycles. The maximum absolute atomic E-state index is 12.9. The third kappa shape index (κ3) is 2.31. The number of carbonyl (C=O) groups excluding carboxylic acids is 1. The molecular weight excluding hydrogens is 245 g/mol. The van der Waals surface area contributed by atoms with E-state index >= 15 is 0 Å². The van der Waals surface area contributed by atoms with Gasteiger partial charge in [-0.3, -0.25) is 4.79 Å². The van der Waals surface area contributed by atoms with Gasteiger partial charge in [0, 0.05) is 25.5 Å². The highest BCUT2D eigenvalue weighted by atomic mass is 19.1. The minimum atomic E-state index is -0.334. The van der Waals surface area contributed by atoms with Crippen LogP contribution in [-0.4, -0.2) is 17.5 Å². The molecule has 0 fully saturated rings. The molecule has 0 bridgehead atoms. The number of aryl methyl sites for hydroxylation is 1. The molecule has 0 unspecified atom stereocenters. The Morgan fingerprint density at radius 1 is 1.32 bits per heavy atom. The zero-order chi connectivity index (χ0) is 14.2. The van der Waals surface area contributed by atoms with Crippen LogP contribution in [0.2, 0.25) is 0 Å². The largest absolute Gasteiger partial charge is 0.397 e. The summed E-state index contributed by atoms with van der Waals surface area (Å²) in [5.74, 6) is -0.557. The predicted octanol–water partition coefficient (Wildman–Crippen LogP) is 2.33. The molecule has 0 atom stereocenters. The van der Waals surface area contributed by atoms with E-state index in [2.05, 4.69) is 0 Å². The SMILES string of the molecule is Cc1cc(N)c(C(=O)N(C)c2ccc(F)cc2)n1C. The standard InChI is InChI=1S/C14H16FN3O/c1-9-8-12(16)13(17(9)2)14(19)18(3)11-6-4-10(15)5-7-11/h4-8H,16H2,1-3H3. The fourth-order valence-electron chi connectivity index (χ4n) is 1.97. The third-order valence-corrected chi connectivity index (χ3v) is 3.22. The van der Waals surface area contributed by atoms with E-state index in [4.69, 9.17) is 5.73 Å². The Bertz CT molecular complexity index is 616. The summed E-state index contributed by atoms with van der Waals surface area (Å²) in [6.07, 6.45) is 0. The normalized spacial score (nSPS) is 10.5. The first-order chi connectivity index (χ1) is 8.91. The Hall–Kier alpha value is -2.30. The number of nitrogens with two attached hydrogens (primary N) is 1. The van der Waals surface area contributed by atoms with Crippen LogP contribution in [-0.2, 0) is 7.05 Å². The first-order valence-electron chi connectivity index (χ1n) is 5.87. The number of nitrogens with zero attached hydrogens (tertiary/aromatic N) is 2. The maximum Gasteiger partial charge on any atom is 0.276 e. The van der Waals surface area contributed by atoms with Crippen LogP contribution in [0.25, 0.3) is 0 Å². The van der Waals surface area contributed by atoms with E-state index in [0.29, 0.717) is 17.1 Å². The van der Waals surface area contributed by atoms with E-state index in [1.807, 2.05) is 6.92 Å². The van der Waals surface area contributed by atoms with E-state index in [1.165, 1.54) is 17.0 Å². The second-order valence-electron chi connectivity index (χ2n) is 4.49. The van der Waals surface area contributed by atoms with Crippen LogP contribution in [0.15, 0.2) is 30.3 Å². The molecule has 2 rings (SSSR count). The predicted molar refractivity (Wildman–Crippen MR) is 73.7 cm³/mol. The van der Waals surface area contributed by atoms with Crippen LogP contribution in [0.5, 0.6) is 0 Å². The summed E-state index contributed by atoms with van der Waals surface area (Å²) in [5.41, 5.74) is 8.26. The van der Waals surface area contributed by atoms with E-state index in [9.17, 15) is 9.18 Å². The molecule has 0 radical (unpaired) electrons. The zero-order valence-electron chi connectivity index (χ0n) is 11.1. The van der Waals surface area contributed by atoms with Crippen molar-refractivity contribution in [3.05, 3.63) is 47.5 Å². The number of rotatable bonds is 2. The van der Waals surface area contributed by atoms with Crippen molar-refractivity contribution < 1.29 is 9.18 Å². The van der Waals surface area contributed by atoms with E-state index in [-0.39, 0.29) is 11.7 Å². The van der Waals surface area contributed by atoms with Gasteiger partial charge in [-0.2, -0.15) is 0 Å². The number of amides is 1. The van der Waals surface area contributed by atoms with Crippen molar-refractivity contribution in [2.75, 3.05) is 17.7 Å². The summed E-state index contributed by atoms with van der Waals surface area (Å²) in [6.45, 7) is 1.88. The lowest BCUT2D eigenvalue weighted by atomic mass is 10.2. The van der Waals surface area contributed by atoms with Crippen molar-refractivity contribution in [3.8, 4) is 0 Å². The summed E-state index contributed by atoms with van der Waals surface area (Å²) in [7, 11) is 3.43. The number of carbonyl (C=O) groups is 1. The molecule has 2 aromatic rings. The molecule has 0 saturated carbocycles. The highest BCUT2D eigenvalue weighted by molar-refractivity contribution is 6.08. The third-order valence-electron chi connectivity index (χ3n) is 3.22. The topological polar surface area (TPSA) is 51.3 Å². The molecule has 19 heavy (non-hydrogen) atoms. The van der Waals surface area contributed by atoms with Crippen LogP contribution in [0.1, 0.15) is 16.2 Å². The number of anilines is 2. The Labute approximate surface area is 111 Å². The molecule has 1 amide bonds. The van der Waals surface area contributed by atoms with Gasteiger partial charge in [0.2, 0.25) is 0 Å². The van der Waals surface area contributed by atoms with Crippen molar-refractivity contribution in [2.45, 2.75) is 6.92 Å². The summed E-state index contributed by atoms with van der Waals surface area (Å²) in [5, 5.41) is 0. The van der Waals surface area contributed by atoms with Gasteiger partial charge in [0.15, 0.2) is 0 Å². The van der Waals surface area contributed by atoms with Crippen LogP contribution < -0.4 is 10.6 Å². The summed E-state index contributed by atoms with van der Waals surface area (Å²) >= 11 is 0. The van der Waals surface area contributed by atoms with Gasteiger partial charge in [0.25, 0.3) is 5.91 Å². The van der Waals surface area contributed by atoms with Crippen LogP contribution in [0.3, 0.4) is 0 Å². The van der Waals surface area contributed by atoms with Gasteiger partial charge < -0.3 is 15.2 Å². The van der Waals surface area contributed by atoms with E-state index in [1.54, 1.807) is 36.9 Å². The Morgan fingerprint density at radius 2 is 1.89 bits per heavy atom. The number of halogens is 1. The number of hydrogen-bond donors (Lipinski definition) is 1. The average Bonchev–Trinajstić information content (AvgIpc) is 2.62.